The van der Waals surface area contributed by atoms with Crippen molar-refractivity contribution in [1.82, 2.24) is 4.90 Å². The Labute approximate surface area is 93.7 Å². The van der Waals surface area contributed by atoms with Gasteiger partial charge in [-0.05, 0) is 57.5 Å². The Morgan fingerprint density at radius 3 is 2.47 bits per heavy atom. The summed E-state index contributed by atoms with van der Waals surface area (Å²) in [6.07, 6.45) is 8.67. The molecule has 88 valence electrons. The van der Waals surface area contributed by atoms with Crippen molar-refractivity contribution in [3.8, 4) is 0 Å². The van der Waals surface area contributed by atoms with E-state index in [1.54, 1.807) is 0 Å². The number of nitrogens with zero attached hydrogens (tertiary/aromatic N) is 1. The van der Waals surface area contributed by atoms with Crippen molar-refractivity contribution in [2.75, 3.05) is 13.1 Å². The fraction of sp³-hybridized carbons (Fsp3) is 1.00. The van der Waals surface area contributed by atoms with E-state index in [0.717, 1.165) is 18.8 Å². The van der Waals surface area contributed by atoms with Crippen LogP contribution in [0.5, 0.6) is 0 Å². The van der Waals surface area contributed by atoms with Gasteiger partial charge in [-0.3, -0.25) is 0 Å². The molecule has 2 rings (SSSR count). The molecule has 2 fully saturated rings. The fourth-order valence-corrected chi connectivity index (χ4v) is 3.20. The van der Waals surface area contributed by atoms with Crippen molar-refractivity contribution in [3.63, 3.8) is 0 Å². The maximum Gasteiger partial charge on any atom is 0.0555 e. The summed E-state index contributed by atoms with van der Waals surface area (Å²) in [5.74, 6) is 0.967. The van der Waals surface area contributed by atoms with Gasteiger partial charge in [0.05, 0.1) is 6.10 Å². The van der Waals surface area contributed by atoms with Crippen LogP contribution in [0.3, 0.4) is 0 Å². The van der Waals surface area contributed by atoms with Gasteiger partial charge in [-0.1, -0.05) is 13.3 Å². The van der Waals surface area contributed by atoms with Crippen LogP contribution in [0.15, 0.2) is 0 Å². The van der Waals surface area contributed by atoms with Crippen LogP contribution in [0, 0.1) is 5.92 Å². The number of likely N-dealkylation sites (tertiary alicyclic amines) is 1. The minimum Gasteiger partial charge on any atom is -0.393 e. The smallest absolute Gasteiger partial charge is 0.0555 e. The Morgan fingerprint density at radius 1 is 1.13 bits per heavy atom. The molecule has 1 aliphatic heterocycles. The highest BCUT2D eigenvalue weighted by Crippen LogP contribution is 2.28. The molecule has 0 bridgehead atoms. The van der Waals surface area contributed by atoms with Gasteiger partial charge in [0, 0.05) is 6.04 Å². The molecule has 2 nitrogen and oxygen atoms in total. The topological polar surface area (TPSA) is 23.5 Å². The first kappa shape index (κ1) is 11.4. The molecule has 1 heterocycles. The molecule has 0 aromatic heterocycles. The van der Waals surface area contributed by atoms with E-state index < -0.39 is 0 Å². The predicted molar refractivity (Wildman–Crippen MR) is 62.9 cm³/mol. The number of aliphatic hydroxyl groups excluding tert-OH is 1. The van der Waals surface area contributed by atoms with Gasteiger partial charge >= 0.3 is 0 Å². The average Bonchev–Trinajstić information content (AvgIpc) is 2.29. The first-order chi connectivity index (χ1) is 7.29. The molecule has 0 radical (unpaired) electrons. The van der Waals surface area contributed by atoms with Crippen LogP contribution in [0.25, 0.3) is 0 Å². The lowest BCUT2D eigenvalue weighted by Gasteiger charge is -2.40. The van der Waals surface area contributed by atoms with Crippen LogP contribution in [0.2, 0.25) is 0 Å². The molecular formula is C13H25NO. The monoisotopic (exact) mass is 211 g/mol. The van der Waals surface area contributed by atoms with E-state index in [0.29, 0.717) is 6.04 Å². The largest absolute Gasteiger partial charge is 0.393 e. The van der Waals surface area contributed by atoms with Crippen molar-refractivity contribution in [2.45, 2.75) is 64.0 Å². The predicted octanol–water partition coefficient (Wildman–Crippen LogP) is 2.41. The number of piperidine rings is 1. The Kier molecular flexibility index (Phi) is 4.04. The number of rotatable bonds is 2. The Bertz CT molecular complexity index is 187. The summed E-state index contributed by atoms with van der Waals surface area (Å²) in [6.45, 7) is 4.86. The van der Waals surface area contributed by atoms with E-state index in [9.17, 15) is 5.11 Å². The summed E-state index contributed by atoms with van der Waals surface area (Å²) in [5.41, 5.74) is 0. The van der Waals surface area contributed by atoms with Crippen LogP contribution in [0.1, 0.15) is 51.9 Å². The summed E-state index contributed by atoms with van der Waals surface area (Å²) in [5, 5.41) is 9.68. The van der Waals surface area contributed by atoms with Crippen molar-refractivity contribution in [1.29, 1.82) is 0 Å². The molecule has 0 amide bonds. The molecule has 1 aliphatic carbocycles. The molecule has 2 heteroatoms. The zero-order valence-corrected chi connectivity index (χ0v) is 9.99. The lowest BCUT2D eigenvalue weighted by atomic mass is 9.88. The third-order valence-electron chi connectivity index (χ3n) is 4.36. The molecule has 15 heavy (non-hydrogen) atoms. The maximum absolute atomic E-state index is 9.68. The van der Waals surface area contributed by atoms with E-state index in [2.05, 4.69) is 11.8 Å². The second kappa shape index (κ2) is 5.31. The molecule has 0 spiro atoms. The van der Waals surface area contributed by atoms with Crippen molar-refractivity contribution in [2.24, 2.45) is 5.92 Å². The van der Waals surface area contributed by atoms with E-state index in [1.807, 2.05) is 0 Å². The van der Waals surface area contributed by atoms with E-state index in [1.165, 1.54) is 45.2 Å². The molecule has 1 saturated heterocycles. The standard InChI is InChI=1S/C13H25NO/c1-2-11-6-8-14(9-7-11)12-4-3-5-13(15)10-12/h11-13,15H,2-10H2,1H3. The molecule has 2 unspecified atom stereocenters. The zero-order valence-electron chi connectivity index (χ0n) is 9.99. The highest BCUT2D eigenvalue weighted by Gasteiger charge is 2.28. The van der Waals surface area contributed by atoms with Gasteiger partial charge in [0.1, 0.15) is 0 Å². The van der Waals surface area contributed by atoms with Gasteiger partial charge in [-0.2, -0.15) is 0 Å². The van der Waals surface area contributed by atoms with Gasteiger partial charge in [0.2, 0.25) is 0 Å². The Hall–Kier alpha value is -0.0800. The molecule has 2 atom stereocenters. The van der Waals surface area contributed by atoms with Crippen molar-refractivity contribution in [3.05, 3.63) is 0 Å². The Balaban J connectivity index is 1.79. The van der Waals surface area contributed by atoms with Gasteiger partial charge in [0.15, 0.2) is 0 Å². The van der Waals surface area contributed by atoms with Gasteiger partial charge in [-0.15, -0.1) is 0 Å². The minimum absolute atomic E-state index is 0.0207. The lowest BCUT2D eigenvalue weighted by molar-refractivity contribution is 0.0441. The quantitative estimate of drug-likeness (QED) is 0.758. The summed E-state index contributed by atoms with van der Waals surface area (Å²) >= 11 is 0. The SMILES string of the molecule is CCC1CCN(C2CCCC(O)C2)CC1. The first-order valence-corrected chi connectivity index (χ1v) is 6.71. The maximum atomic E-state index is 9.68. The second-order valence-electron chi connectivity index (χ2n) is 5.36. The van der Waals surface area contributed by atoms with Crippen molar-refractivity contribution < 1.29 is 5.11 Å². The van der Waals surface area contributed by atoms with Crippen LogP contribution >= 0.6 is 0 Å². The average molecular weight is 211 g/mol. The fourth-order valence-electron chi connectivity index (χ4n) is 3.20. The van der Waals surface area contributed by atoms with Crippen LogP contribution in [-0.2, 0) is 0 Å². The molecule has 1 N–H and O–H groups in total. The normalized spacial score (nSPS) is 35.6. The van der Waals surface area contributed by atoms with E-state index >= 15 is 0 Å². The molecule has 0 aromatic rings. The number of hydrogen-bond donors (Lipinski definition) is 1. The molecule has 2 aliphatic rings. The number of hydrogen-bond acceptors (Lipinski definition) is 2. The number of aliphatic hydroxyl groups is 1. The summed E-state index contributed by atoms with van der Waals surface area (Å²) in [6, 6.07) is 0.687. The van der Waals surface area contributed by atoms with Crippen LogP contribution < -0.4 is 0 Å². The van der Waals surface area contributed by atoms with Gasteiger partial charge < -0.3 is 10.0 Å². The Morgan fingerprint density at radius 2 is 1.87 bits per heavy atom. The zero-order chi connectivity index (χ0) is 10.7. The third kappa shape index (κ3) is 2.94. The van der Waals surface area contributed by atoms with Gasteiger partial charge in [-0.25, -0.2) is 0 Å². The minimum atomic E-state index is -0.0207. The highest BCUT2D eigenvalue weighted by molar-refractivity contribution is 4.83. The van der Waals surface area contributed by atoms with E-state index in [4.69, 9.17) is 0 Å². The first-order valence-electron chi connectivity index (χ1n) is 6.71. The molecular weight excluding hydrogens is 186 g/mol. The second-order valence-corrected chi connectivity index (χ2v) is 5.36. The van der Waals surface area contributed by atoms with Crippen LogP contribution in [-0.4, -0.2) is 35.2 Å². The highest BCUT2D eigenvalue weighted by atomic mass is 16.3. The van der Waals surface area contributed by atoms with Crippen LogP contribution in [0.4, 0.5) is 0 Å². The lowest BCUT2D eigenvalue weighted by Crippen LogP contribution is -2.44. The summed E-state index contributed by atoms with van der Waals surface area (Å²) < 4.78 is 0. The molecule has 0 aromatic carbocycles. The third-order valence-corrected chi connectivity index (χ3v) is 4.36. The van der Waals surface area contributed by atoms with E-state index in [-0.39, 0.29) is 6.10 Å². The summed E-state index contributed by atoms with van der Waals surface area (Å²) in [4.78, 5) is 2.63. The van der Waals surface area contributed by atoms with Crippen molar-refractivity contribution >= 4 is 0 Å². The molecule has 1 saturated carbocycles. The van der Waals surface area contributed by atoms with Gasteiger partial charge in [0.25, 0.3) is 0 Å². The summed E-state index contributed by atoms with van der Waals surface area (Å²) in [7, 11) is 0.